The lowest BCUT2D eigenvalue weighted by atomic mass is 9.99. The SMILES string of the molecule is Cc1ccc(N2C(=O)CC(C(=O)OCC(=O)Nc3ccc(C#N)cc3)C2c2cccs2)cc1. The van der Waals surface area contributed by atoms with E-state index in [0.29, 0.717) is 11.3 Å². The molecule has 166 valence electrons. The first kappa shape index (κ1) is 22.2. The molecule has 0 aliphatic carbocycles. The van der Waals surface area contributed by atoms with Gasteiger partial charge in [0.25, 0.3) is 5.91 Å². The summed E-state index contributed by atoms with van der Waals surface area (Å²) in [5, 5.41) is 13.4. The zero-order chi connectivity index (χ0) is 23.4. The van der Waals surface area contributed by atoms with Crippen LogP contribution in [0.1, 0.15) is 28.5 Å². The molecule has 2 atom stereocenters. The molecule has 8 heteroatoms. The van der Waals surface area contributed by atoms with Crippen LogP contribution in [0.25, 0.3) is 0 Å². The van der Waals surface area contributed by atoms with Gasteiger partial charge in [0.1, 0.15) is 0 Å². The van der Waals surface area contributed by atoms with Crippen LogP contribution in [-0.2, 0) is 19.1 Å². The Morgan fingerprint density at radius 2 is 1.88 bits per heavy atom. The Labute approximate surface area is 195 Å². The number of ether oxygens (including phenoxy) is 1. The number of carbonyl (C=O) groups is 3. The lowest BCUT2D eigenvalue weighted by molar-refractivity contribution is -0.152. The molecule has 0 radical (unpaired) electrons. The minimum atomic E-state index is -0.722. The number of rotatable bonds is 6. The molecule has 1 aliphatic rings. The van der Waals surface area contributed by atoms with Crippen molar-refractivity contribution in [3.05, 3.63) is 82.0 Å². The number of amides is 2. The molecule has 1 fully saturated rings. The zero-order valence-electron chi connectivity index (χ0n) is 17.9. The highest BCUT2D eigenvalue weighted by atomic mass is 32.1. The van der Waals surface area contributed by atoms with E-state index in [1.165, 1.54) is 11.3 Å². The van der Waals surface area contributed by atoms with E-state index in [4.69, 9.17) is 10.00 Å². The third-order valence-corrected chi connectivity index (χ3v) is 6.36. The number of nitrogens with one attached hydrogen (secondary N) is 1. The minimum absolute atomic E-state index is 0.00647. The van der Waals surface area contributed by atoms with Gasteiger partial charge in [0.2, 0.25) is 5.91 Å². The average molecular weight is 460 g/mol. The van der Waals surface area contributed by atoms with Gasteiger partial charge in [-0.25, -0.2) is 0 Å². The van der Waals surface area contributed by atoms with Crippen molar-refractivity contribution in [2.75, 3.05) is 16.8 Å². The molecular formula is C25H21N3O4S. The molecule has 0 spiro atoms. The maximum atomic E-state index is 13.0. The van der Waals surface area contributed by atoms with Crippen molar-refractivity contribution < 1.29 is 19.1 Å². The largest absolute Gasteiger partial charge is 0.455 e. The van der Waals surface area contributed by atoms with E-state index in [1.807, 2.05) is 54.8 Å². The Bertz CT molecular complexity index is 1200. The van der Waals surface area contributed by atoms with E-state index in [9.17, 15) is 14.4 Å². The molecular weight excluding hydrogens is 438 g/mol. The molecule has 1 N–H and O–H groups in total. The molecule has 33 heavy (non-hydrogen) atoms. The van der Waals surface area contributed by atoms with Crippen LogP contribution in [-0.4, -0.2) is 24.4 Å². The van der Waals surface area contributed by atoms with E-state index in [-0.39, 0.29) is 12.3 Å². The van der Waals surface area contributed by atoms with Gasteiger partial charge in [0.05, 0.1) is 23.6 Å². The highest BCUT2D eigenvalue weighted by Crippen LogP contribution is 2.43. The summed E-state index contributed by atoms with van der Waals surface area (Å²) in [7, 11) is 0. The van der Waals surface area contributed by atoms with Gasteiger partial charge in [-0.3, -0.25) is 14.4 Å². The number of nitrogens with zero attached hydrogens (tertiary/aromatic N) is 2. The Morgan fingerprint density at radius 1 is 1.15 bits per heavy atom. The van der Waals surface area contributed by atoms with Crippen LogP contribution < -0.4 is 10.2 Å². The summed E-state index contributed by atoms with van der Waals surface area (Å²) in [6, 6.07) is 19.2. The standard InChI is InChI=1S/C25H21N3O4S/c1-16-4-10-19(11-5-16)28-23(30)13-20(24(28)21-3-2-12-33-21)25(31)32-15-22(29)27-18-8-6-17(14-26)7-9-18/h2-12,20,24H,13,15H2,1H3,(H,27,29). The van der Waals surface area contributed by atoms with Crippen molar-refractivity contribution >= 4 is 40.5 Å². The fraction of sp³-hybridized carbons (Fsp3) is 0.200. The van der Waals surface area contributed by atoms with E-state index in [2.05, 4.69) is 5.32 Å². The monoisotopic (exact) mass is 459 g/mol. The molecule has 7 nitrogen and oxygen atoms in total. The second-order valence-corrected chi connectivity index (χ2v) is 8.69. The topological polar surface area (TPSA) is 99.5 Å². The first-order valence-corrected chi connectivity index (χ1v) is 11.2. The van der Waals surface area contributed by atoms with Gasteiger partial charge in [0, 0.05) is 22.7 Å². The highest BCUT2D eigenvalue weighted by molar-refractivity contribution is 7.10. The second-order valence-electron chi connectivity index (χ2n) is 7.72. The summed E-state index contributed by atoms with van der Waals surface area (Å²) < 4.78 is 5.31. The van der Waals surface area contributed by atoms with Crippen molar-refractivity contribution in [3.63, 3.8) is 0 Å². The smallest absolute Gasteiger partial charge is 0.312 e. The van der Waals surface area contributed by atoms with Crippen molar-refractivity contribution in [2.24, 2.45) is 5.92 Å². The Kier molecular flexibility index (Phi) is 6.52. The molecule has 1 saturated heterocycles. The van der Waals surface area contributed by atoms with E-state index < -0.39 is 30.4 Å². The molecule has 2 amide bonds. The third kappa shape index (κ3) is 4.94. The Morgan fingerprint density at radius 3 is 2.52 bits per heavy atom. The van der Waals surface area contributed by atoms with E-state index >= 15 is 0 Å². The second kappa shape index (κ2) is 9.67. The molecule has 2 aromatic carbocycles. The number of nitriles is 1. The molecule has 0 saturated carbocycles. The summed E-state index contributed by atoms with van der Waals surface area (Å²) in [5.41, 5.74) is 2.76. The third-order valence-electron chi connectivity index (χ3n) is 5.42. The number of carbonyl (C=O) groups excluding carboxylic acids is 3. The lowest BCUT2D eigenvalue weighted by Crippen LogP contribution is -2.31. The number of hydrogen-bond acceptors (Lipinski definition) is 6. The molecule has 4 rings (SSSR count). The van der Waals surface area contributed by atoms with Gasteiger partial charge in [-0.15, -0.1) is 11.3 Å². The average Bonchev–Trinajstić information content (AvgIpc) is 3.46. The number of esters is 1. The fourth-order valence-electron chi connectivity index (χ4n) is 3.81. The zero-order valence-corrected chi connectivity index (χ0v) is 18.7. The lowest BCUT2D eigenvalue weighted by Gasteiger charge is -2.27. The van der Waals surface area contributed by atoms with Gasteiger partial charge in [-0.1, -0.05) is 23.8 Å². The maximum absolute atomic E-state index is 13.0. The van der Waals surface area contributed by atoms with Crippen LogP contribution >= 0.6 is 11.3 Å². The molecule has 0 bridgehead atoms. The number of aryl methyl sites for hydroxylation is 1. The normalized spacial score (nSPS) is 17.5. The predicted molar refractivity (Wildman–Crippen MR) is 125 cm³/mol. The van der Waals surface area contributed by atoms with Gasteiger partial charge >= 0.3 is 5.97 Å². The van der Waals surface area contributed by atoms with Gasteiger partial charge in [0.15, 0.2) is 6.61 Å². The maximum Gasteiger partial charge on any atom is 0.312 e. The molecule has 2 heterocycles. The van der Waals surface area contributed by atoms with E-state index in [0.717, 1.165) is 16.1 Å². The summed E-state index contributed by atoms with van der Waals surface area (Å²) in [6.07, 6.45) is 0.00647. The van der Waals surface area contributed by atoms with Gasteiger partial charge in [-0.05, 0) is 54.8 Å². The van der Waals surface area contributed by atoms with Crippen LogP contribution in [0.5, 0.6) is 0 Å². The van der Waals surface area contributed by atoms with Crippen LogP contribution in [0, 0.1) is 24.2 Å². The van der Waals surface area contributed by atoms with Crippen molar-refractivity contribution in [1.29, 1.82) is 5.26 Å². The summed E-state index contributed by atoms with van der Waals surface area (Å²) >= 11 is 1.47. The van der Waals surface area contributed by atoms with Crippen molar-refractivity contribution in [2.45, 2.75) is 19.4 Å². The predicted octanol–water partition coefficient (Wildman–Crippen LogP) is 4.20. The highest BCUT2D eigenvalue weighted by Gasteiger charge is 2.46. The summed E-state index contributed by atoms with van der Waals surface area (Å²) in [6.45, 7) is 1.50. The Balaban J connectivity index is 1.46. The minimum Gasteiger partial charge on any atom is -0.455 e. The van der Waals surface area contributed by atoms with Crippen molar-refractivity contribution in [1.82, 2.24) is 0 Å². The van der Waals surface area contributed by atoms with Crippen LogP contribution in [0.3, 0.4) is 0 Å². The molecule has 1 aromatic heterocycles. The summed E-state index contributed by atoms with van der Waals surface area (Å²) in [4.78, 5) is 40.7. The first-order chi connectivity index (χ1) is 16.0. The molecule has 1 aliphatic heterocycles. The number of benzene rings is 2. The number of hydrogen-bond donors (Lipinski definition) is 1. The van der Waals surface area contributed by atoms with Crippen LogP contribution in [0.2, 0.25) is 0 Å². The van der Waals surface area contributed by atoms with Crippen LogP contribution in [0.4, 0.5) is 11.4 Å². The quantitative estimate of drug-likeness (QED) is 0.557. The van der Waals surface area contributed by atoms with Crippen LogP contribution in [0.15, 0.2) is 66.0 Å². The first-order valence-electron chi connectivity index (χ1n) is 10.3. The number of anilines is 2. The fourth-order valence-corrected chi connectivity index (χ4v) is 4.69. The van der Waals surface area contributed by atoms with Gasteiger partial charge in [-0.2, -0.15) is 5.26 Å². The van der Waals surface area contributed by atoms with Crippen molar-refractivity contribution in [3.8, 4) is 6.07 Å². The number of thiophene rings is 1. The molecule has 3 aromatic rings. The van der Waals surface area contributed by atoms with E-state index in [1.54, 1.807) is 29.2 Å². The molecule has 2 unspecified atom stereocenters. The van der Waals surface area contributed by atoms with Gasteiger partial charge < -0.3 is 15.0 Å². The summed E-state index contributed by atoms with van der Waals surface area (Å²) in [5.74, 6) is -1.98. The Hall–Kier alpha value is -3.96.